The molecule has 84 valence electrons. The molecule has 0 bridgehead atoms. The Kier molecular flexibility index (Phi) is 1.99. The molecule has 0 fully saturated rings. The van der Waals surface area contributed by atoms with E-state index < -0.39 is 11.9 Å². The Balaban J connectivity index is 2.18. The van der Waals surface area contributed by atoms with Crippen LogP contribution in [0.5, 0.6) is 0 Å². The number of ether oxygens (including phenoxy) is 1. The van der Waals surface area contributed by atoms with Gasteiger partial charge < -0.3 is 4.74 Å². The van der Waals surface area contributed by atoms with E-state index in [1.54, 1.807) is 24.3 Å². The predicted octanol–water partition coefficient (Wildman–Crippen LogP) is 1.23. The summed E-state index contributed by atoms with van der Waals surface area (Å²) >= 11 is 5.75. The number of hydrogen-bond acceptors (Lipinski definition) is 5. The number of aromatic nitrogens is 3. The molecule has 2 aromatic rings. The van der Waals surface area contributed by atoms with Crippen molar-refractivity contribution in [3.63, 3.8) is 0 Å². The van der Waals surface area contributed by atoms with Crippen molar-refractivity contribution in [2.75, 3.05) is 0 Å². The second-order valence-electron chi connectivity index (χ2n) is 3.35. The average molecular weight is 250 g/mol. The van der Waals surface area contributed by atoms with Crippen LogP contribution in [-0.2, 0) is 4.74 Å². The molecular weight excluding hydrogens is 246 g/mol. The molecule has 0 spiro atoms. The SMILES string of the molecule is O=C1OC(=O)c2c1nnn2-c1ccc(Cl)cc1. The van der Waals surface area contributed by atoms with Gasteiger partial charge in [-0.1, -0.05) is 16.8 Å². The third-order valence-corrected chi connectivity index (χ3v) is 2.57. The van der Waals surface area contributed by atoms with Gasteiger partial charge in [-0.2, -0.15) is 0 Å². The number of fused-ring (bicyclic) bond motifs is 1. The second kappa shape index (κ2) is 3.39. The van der Waals surface area contributed by atoms with E-state index in [4.69, 9.17) is 11.6 Å². The smallest absolute Gasteiger partial charge is 0.369 e. The van der Waals surface area contributed by atoms with Crippen molar-refractivity contribution in [3.8, 4) is 5.69 Å². The molecular formula is C10H4ClN3O3. The van der Waals surface area contributed by atoms with E-state index in [0.29, 0.717) is 10.7 Å². The molecule has 7 heteroatoms. The number of carbonyl (C=O) groups is 2. The average Bonchev–Trinajstić information content (AvgIpc) is 2.84. The maximum Gasteiger partial charge on any atom is 0.369 e. The van der Waals surface area contributed by atoms with Gasteiger partial charge >= 0.3 is 11.9 Å². The fourth-order valence-electron chi connectivity index (χ4n) is 1.55. The monoisotopic (exact) mass is 249 g/mol. The van der Waals surface area contributed by atoms with Crippen molar-refractivity contribution < 1.29 is 14.3 Å². The lowest BCUT2D eigenvalue weighted by Crippen LogP contribution is -2.08. The summed E-state index contributed by atoms with van der Waals surface area (Å²) in [5.41, 5.74) is 0.553. The van der Waals surface area contributed by atoms with E-state index in [1.807, 2.05) is 0 Å². The number of carbonyl (C=O) groups excluding carboxylic acids is 2. The zero-order valence-corrected chi connectivity index (χ0v) is 9.01. The van der Waals surface area contributed by atoms with Crippen molar-refractivity contribution in [1.29, 1.82) is 0 Å². The fourth-order valence-corrected chi connectivity index (χ4v) is 1.67. The van der Waals surface area contributed by atoms with Gasteiger partial charge in [-0.05, 0) is 24.3 Å². The Labute approximate surface area is 99.7 Å². The molecule has 1 aliphatic rings. The van der Waals surface area contributed by atoms with Crippen LogP contribution >= 0.6 is 11.6 Å². The summed E-state index contributed by atoms with van der Waals surface area (Å²) in [6.07, 6.45) is 0. The molecule has 1 aromatic heterocycles. The number of benzene rings is 1. The highest BCUT2D eigenvalue weighted by atomic mass is 35.5. The molecule has 0 atom stereocenters. The van der Waals surface area contributed by atoms with E-state index in [-0.39, 0.29) is 11.4 Å². The summed E-state index contributed by atoms with van der Waals surface area (Å²) in [6, 6.07) is 6.61. The van der Waals surface area contributed by atoms with Crippen LogP contribution in [0.2, 0.25) is 5.02 Å². The van der Waals surface area contributed by atoms with Crippen LogP contribution in [0.3, 0.4) is 0 Å². The Morgan fingerprint density at radius 3 is 2.53 bits per heavy atom. The third-order valence-electron chi connectivity index (χ3n) is 2.31. The van der Waals surface area contributed by atoms with Crippen LogP contribution in [0.1, 0.15) is 21.0 Å². The highest BCUT2D eigenvalue weighted by molar-refractivity contribution is 6.30. The molecule has 0 radical (unpaired) electrons. The van der Waals surface area contributed by atoms with Gasteiger partial charge in [-0.25, -0.2) is 14.3 Å². The Morgan fingerprint density at radius 2 is 1.82 bits per heavy atom. The number of halogens is 1. The number of rotatable bonds is 1. The first kappa shape index (κ1) is 9.98. The lowest BCUT2D eigenvalue weighted by Gasteiger charge is -2.01. The molecule has 0 amide bonds. The summed E-state index contributed by atoms with van der Waals surface area (Å²) in [5, 5.41) is 7.91. The Morgan fingerprint density at radius 1 is 1.12 bits per heavy atom. The first-order valence-electron chi connectivity index (χ1n) is 4.65. The molecule has 6 nitrogen and oxygen atoms in total. The molecule has 1 aliphatic heterocycles. The van der Waals surface area contributed by atoms with Crippen LogP contribution in [-0.4, -0.2) is 26.9 Å². The highest BCUT2D eigenvalue weighted by Crippen LogP contribution is 2.21. The van der Waals surface area contributed by atoms with Gasteiger partial charge in [0.1, 0.15) is 0 Å². The summed E-state index contributed by atoms with van der Waals surface area (Å²) in [6.45, 7) is 0. The van der Waals surface area contributed by atoms with Crippen molar-refractivity contribution in [3.05, 3.63) is 40.7 Å². The summed E-state index contributed by atoms with van der Waals surface area (Å²) in [7, 11) is 0. The lowest BCUT2D eigenvalue weighted by atomic mass is 10.3. The van der Waals surface area contributed by atoms with Crippen molar-refractivity contribution in [2.45, 2.75) is 0 Å². The minimum absolute atomic E-state index is 0.0392. The molecule has 17 heavy (non-hydrogen) atoms. The van der Waals surface area contributed by atoms with Crippen LogP contribution in [0.4, 0.5) is 0 Å². The maximum absolute atomic E-state index is 11.4. The fraction of sp³-hybridized carbons (Fsp3) is 0. The molecule has 1 aromatic carbocycles. The highest BCUT2D eigenvalue weighted by Gasteiger charge is 2.37. The quantitative estimate of drug-likeness (QED) is 0.561. The summed E-state index contributed by atoms with van der Waals surface area (Å²) < 4.78 is 5.68. The largest absolute Gasteiger partial charge is 0.383 e. The van der Waals surface area contributed by atoms with Gasteiger partial charge in [0.05, 0.1) is 5.69 Å². The Hall–Kier alpha value is -2.21. The minimum Gasteiger partial charge on any atom is -0.383 e. The Bertz CT molecular complexity index is 633. The van der Waals surface area contributed by atoms with E-state index >= 15 is 0 Å². The van der Waals surface area contributed by atoms with Gasteiger partial charge in [0.2, 0.25) is 5.69 Å². The molecule has 2 heterocycles. The summed E-state index contributed by atoms with van der Waals surface area (Å²) in [5.74, 6) is -1.52. The van der Waals surface area contributed by atoms with Crippen LogP contribution < -0.4 is 0 Å². The van der Waals surface area contributed by atoms with Gasteiger partial charge in [0.15, 0.2) is 5.69 Å². The first-order chi connectivity index (χ1) is 8.16. The van der Waals surface area contributed by atoms with Gasteiger partial charge in [0, 0.05) is 5.02 Å². The second-order valence-corrected chi connectivity index (χ2v) is 3.79. The number of nitrogens with zero attached hydrogens (tertiary/aromatic N) is 3. The van der Waals surface area contributed by atoms with Crippen LogP contribution in [0.25, 0.3) is 5.69 Å². The van der Waals surface area contributed by atoms with E-state index in [1.165, 1.54) is 4.68 Å². The normalized spacial score (nSPS) is 13.7. The van der Waals surface area contributed by atoms with Crippen molar-refractivity contribution in [1.82, 2.24) is 15.0 Å². The standard InChI is InChI=1S/C10H4ClN3O3/c11-5-1-3-6(4-2-5)14-8-7(12-13-14)9(15)17-10(8)16/h1-4H. The van der Waals surface area contributed by atoms with Crippen LogP contribution in [0.15, 0.2) is 24.3 Å². The van der Waals surface area contributed by atoms with Crippen LogP contribution in [0, 0.1) is 0 Å². The predicted molar refractivity (Wildman–Crippen MR) is 56.1 cm³/mol. The zero-order valence-electron chi connectivity index (χ0n) is 8.25. The topological polar surface area (TPSA) is 74.1 Å². The molecule has 0 N–H and O–H groups in total. The molecule has 0 saturated heterocycles. The van der Waals surface area contributed by atoms with Crippen molar-refractivity contribution in [2.24, 2.45) is 0 Å². The van der Waals surface area contributed by atoms with E-state index in [0.717, 1.165) is 0 Å². The first-order valence-corrected chi connectivity index (χ1v) is 5.03. The number of hydrogen-bond donors (Lipinski definition) is 0. The van der Waals surface area contributed by atoms with Crippen molar-refractivity contribution >= 4 is 23.5 Å². The molecule has 3 rings (SSSR count). The molecule has 0 aliphatic carbocycles. The van der Waals surface area contributed by atoms with E-state index in [2.05, 4.69) is 15.0 Å². The number of esters is 2. The number of cyclic esters (lactones) is 2. The molecule has 0 saturated carbocycles. The minimum atomic E-state index is -0.773. The zero-order chi connectivity index (χ0) is 12.0. The lowest BCUT2D eigenvalue weighted by molar-refractivity contribution is 0.0434. The van der Waals surface area contributed by atoms with Gasteiger partial charge in [-0.3, -0.25) is 0 Å². The summed E-state index contributed by atoms with van der Waals surface area (Å²) in [4.78, 5) is 22.6. The van der Waals surface area contributed by atoms with E-state index in [9.17, 15) is 9.59 Å². The van der Waals surface area contributed by atoms with Gasteiger partial charge in [-0.15, -0.1) is 5.10 Å². The third kappa shape index (κ3) is 1.42. The molecule has 0 unspecified atom stereocenters. The van der Waals surface area contributed by atoms with Gasteiger partial charge in [0.25, 0.3) is 0 Å². The maximum atomic E-state index is 11.4.